The smallest absolute Gasteiger partial charge is 0.257 e. The zero-order valence-electron chi connectivity index (χ0n) is 14.4. The standard InChI is InChI=1S/C18H24N4O.ClH/c1-13-15(11-20-22(13)14-7-5-4-6-8-14)17(23)21-10-9-16(19)18(2,3)12-21;/h4-8,11,16H,9-10,12,19H2,1-3H3;1H. The number of hydrogen-bond acceptors (Lipinski definition) is 3. The van der Waals surface area contributed by atoms with Crippen LogP contribution in [0.1, 0.15) is 36.3 Å². The lowest BCUT2D eigenvalue weighted by Crippen LogP contribution is -2.54. The summed E-state index contributed by atoms with van der Waals surface area (Å²) in [5.74, 6) is 0.0460. The number of carbonyl (C=O) groups is 1. The van der Waals surface area contributed by atoms with Gasteiger partial charge in [0.05, 0.1) is 23.1 Å². The van der Waals surface area contributed by atoms with E-state index in [1.807, 2.05) is 46.8 Å². The van der Waals surface area contributed by atoms with Gasteiger partial charge in [0.1, 0.15) is 0 Å². The molecule has 2 N–H and O–H groups in total. The average Bonchev–Trinajstić information content (AvgIpc) is 2.91. The summed E-state index contributed by atoms with van der Waals surface area (Å²) in [4.78, 5) is 14.8. The minimum Gasteiger partial charge on any atom is -0.338 e. The molecule has 2 heterocycles. The molecule has 1 unspecified atom stereocenters. The topological polar surface area (TPSA) is 64.2 Å². The lowest BCUT2D eigenvalue weighted by Gasteiger charge is -2.42. The van der Waals surface area contributed by atoms with E-state index in [0.717, 1.165) is 17.8 Å². The van der Waals surface area contributed by atoms with Crippen LogP contribution in [0.2, 0.25) is 0 Å². The highest BCUT2D eigenvalue weighted by Crippen LogP contribution is 2.29. The van der Waals surface area contributed by atoms with Crippen molar-refractivity contribution in [2.75, 3.05) is 13.1 Å². The van der Waals surface area contributed by atoms with Crippen molar-refractivity contribution in [3.05, 3.63) is 47.8 Å². The second kappa shape index (κ2) is 6.95. The van der Waals surface area contributed by atoms with Crippen molar-refractivity contribution in [3.63, 3.8) is 0 Å². The molecule has 0 saturated carbocycles. The molecule has 5 nitrogen and oxygen atoms in total. The van der Waals surface area contributed by atoms with Gasteiger partial charge in [-0.3, -0.25) is 4.79 Å². The molecule has 1 atom stereocenters. The van der Waals surface area contributed by atoms with Crippen molar-refractivity contribution in [2.45, 2.75) is 33.2 Å². The molecule has 6 heteroatoms. The summed E-state index contributed by atoms with van der Waals surface area (Å²) in [5.41, 5.74) is 8.61. The fourth-order valence-electron chi connectivity index (χ4n) is 3.17. The molecule has 1 aliphatic heterocycles. The Bertz CT molecular complexity index is 711. The third-order valence-electron chi connectivity index (χ3n) is 4.84. The van der Waals surface area contributed by atoms with Crippen molar-refractivity contribution in [2.24, 2.45) is 11.1 Å². The molecule has 1 aromatic heterocycles. The number of nitrogens with zero attached hydrogens (tertiary/aromatic N) is 3. The normalized spacial score (nSPS) is 19.7. The van der Waals surface area contributed by atoms with E-state index < -0.39 is 0 Å². The Hall–Kier alpha value is -1.85. The Morgan fingerprint density at radius 3 is 2.58 bits per heavy atom. The van der Waals surface area contributed by atoms with Crippen molar-refractivity contribution in [3.8, 4) is 5.69 Å². The number of aromatic nitrogens is 2. The molecule has 1 aromatic carbocycles. The molecule has 1 saturated heterocycles. The van der Waals surface area contributed by atoms with Crippen LogP contribution in [-0.2, 0) is 0 Å². The lowest BCUT2D eigenvalue weighted by molar-refractivity contribution is 0.0532. The van der Waals surface area contributed by atoms with Gasteiger partial charge in [-0.25, -0.2) is 4.68 Å². The fraction of sp³-hybridized carbons (Fsp3) is 0.444. The first-order valence-electron chi connectivity index (χ1n) is 8.05. The van der Waals surface area contributed by atoms with Gasteiger partial charge in [0, 0.05) is 19.1 Å². The Kier molecular flexibility index (Phi) is 5.35. The molecule has 0 spiro atoms. The monoisotopic (exact) mass is 348 g/mol. The third kappa shape index (κ3) is 3.32. The second-order valence-corrected chi connectivity index (χ2v) is 7.00. The Morgan fingerprint density at radius 2 is 1.96 bits per heavy atom. The molecule has 2 aromatic rings. The zero-order valence-corrected chi connectivity index (χ0v) is 15.2. The summed E-state index contributed by atoms with van der Waals surface area (Å²) in [5, 5.41) is 4.40. The maximum absolute atomic E-state index is 12.9. The first-order chi connectivity index (χ1) is 10.9. The molecular formula is C18H25ClN4O. The minimum atomic E-state index is -0.0583. The van der Waals surface area contributed by atoms with E-state index in [-0.39, 0.29) is 29.8 Å². The van der Waals surface area contributed by atoms with Gasteiger partial charge in [0.2, 0.25) is 0 Å². The number of para-hydroxylation sites is 1. The van der Waals surface area contributed by atoms with Crippen LogP contribution in [0.15, 0.2) is 36.5 Å². The van der Waals surface area contributed by atoms with Crippen LogP contribution in [0.5, 0.6) is 0 Å². The van der Waals surface area contributed by atoms with Crippen molar-refractivity contribution < 1.29 is 4.79 Å². The highest BCUT2D eigenvalue weighted by Gasteiger charge is 2.36. The minimum absolute atomic E-state index is 0. The molecule has 1 aliphatic rings. The van der Waals surface area contributed by atoms with E-state index in [4.69, 9.17) is 5.73 Å². The Balaban J connectivity index is 0.00000208. The number of nitrogens with two attached hydrogens (primary N) is 1. The summed E-state index contributed by atoms with van der Waals surface area (Å²) in [6.45, 7) is 7.57. The van der Waals surface area contributed by atoms with Crippen LogP contribution in [0.3, 0.4) is 0 Å². The van der Waals surface area contributed by atoms with Crippen LogP contribution in [-0.4, -0.2) is 39.7 Å². The maximum atomic E-state index is 12.9. The van der Waals surface area contributed by atoms with Crippen molar-refractivity contribution >= 4 is 18.3 Å². The maximum Gasteiger partial charge on any atom is 0.257 e. The van der Waals surface area contributed by atoms with Gasteiger partial charge >= 0.3 is 0 Å². The van der Waals surface area contributed by atoms with Gasteiger partial charge in [0.15, 0.2) is 0 Å². The van der Waals surface area contributed by atoms with E-state index in [2.05, 4.69) is 18.9 Å². The highest BCUT2D eigenvalue weighted by molar-refractivity contribution is 5.95. The molecule has 0 radical (unpaired) electrons. The number of hydrogen-bond donors (Lipinski definition) is 1. The van der Waals surface area contributed by atoms with Gasteiger partial charge in [-0.05, 0) is 30.9 Å². The summed E-state index contributed by atoms with van der Waals surface area (Å²) in [7, 11) is 0. The third-order valence-corrected chi connectivity index (χ3v) is 4.84. The Labute approximate surface area is 149 Å². The largest absolute Gasteiger partial charge is 0.338 e. The van der Waals surface area contributed by atoms with E-state index in [1.165, 1.54) is 0 Å². The highest BCUT2D eigenvalue weighted by atomic mass is 35.5. The van der Waals surface area contributed by atoms with Gasteiger partial charge in [-0.1, -0.05) is 32.0 Å². The van der Waals surface area contributed by atoms with Crippen LogP contribution in [0.4, 0.5) is 0 Å². The number of rotatable bonds is 2. The van der Waals surface area contributed by atoms with Gasteiger partial charge < -0.3 is 10.6 Å². The van der Waals surface area contributed by atoms with Crippen LogP contribution >= 0.6 is 12.4 Å². The molecule has 1 amide bonds. The molecule has 0 aliphatic carbocycles. The zero-order chi connectivity index (χ0) is 16.6. The number of piperidine rings is 1. The van der Waals surface area contributed by atoms with E-state index in [1.54, 1.807) is 6.20 Å². The summed E-state index contributed by atoms with van der Waals surface area (Å²) >= 11 is 0. The number of carbonyl (C=O) groups excluding carboxylic acids is 1. The van der Waals surface area contributed by atoms with E-state index in [9.17, 15) is 4.79 Å². The molecule has 130 valence electrons. The average molecular weight is 349 g/mol. The quantitative estimate of drug-likeness (QED) is 0.907. The summed E-state index contributed by atoms with van der Waals surface area (Å²) in [6.07, 6.45) is 2.51. The molecular weight excluding hydrogens is 324 g/mol. The number of amides is 1. The molecule has 0 bridgehead atoms. The number of halogens is 1. The second-order valence-electron chi connectivity index (χ2n) is 7.00. The van der Waals surface area contributed by atoms with E-state index in [0.29, 0.717) is 18.7 Å². The van der Waals surface area contributed by atoms with Gasteiger partial charge in [-0.15, -0.1) is 12.4 Å². The lowest BCUT2D eigenvalue weighted by atomic mass is 9.79. The van der Waals surface area contributed by atoms with Crippen LogP contribution < -0.4 is 5.73 Å². The molecule has 3 rings (SSSR count). The fourth-order valence-corrected chi connectivity index (χ4v) is 3.17. The van der Waals surface area contributed by atoms with Crippen LogP contribution in [0.25, 0.3) is 5.69 Å². The van der Waals surface area contributed by atoms with Crippen molar-refractivity contribution in [1.29, 1.82) is 0 Å². The molecule has 24 heavy (non-hydrogen) atoms. The summed E-state index contributed by atoms with van der Waals surface area (Å²) < 4.78 is 1.81. The number of likely N-dealkylation sites (tertiary alicyclic amines) is 1. The SMILES string of the molecule is Cc1c(C(=O)N2CCC(N)C(C)(C)C2)cnn1-c1ccccc1.Cl. The van der Waals surface area contributed by atoms with Gasteiger partial charge in [0.25, 0.3) is 5.91 Å². The molecule has 1 fully saturated rings. The van der Waals surface area contributed by atoms with Gasteiger partial charge in [-0.2, -0.15) is 5.10 Å². The number of benzene rings is 1. The Morgan fingerprint density at radius 1 is 1.29 bits per heavy atom. The van der Waals surface area contributed by atoms with E-state index >= 15 is 0 Å². The predicted molar refractivity (Wildman–Crippen MR) is 97.8 cm³/mol. The first-order valence-corrected chi connectivity index (χ1v) is 8.05. The predicted octanol–water partition coefficient (Wildman–Crippen LogP) is 2.80. The van der Waals surface area contributed by atoms with Crippen LogP contribution in [0, 0.1) is 12.3 Å². The van der Waals surface area contributed by atoms with Crippen molar-refractivity contribution in [1.82, 2.24) is 14.7 Å². The first kappa shape index (κ1) is 18.5. The summed E-state index contributed by atoms with van der Waals surface area (Å²) in [6, 6.07) is 10.0.